The highest BCUT2D eigenvalue weighted by Crippen LogP contribution is 2.37. The Kier molecular flexibility index (Phi) is 8.23. The van der Waals surface area contributed by atoms with Crippen molar-refractivity contribution in [1.29, 1.82) is 0 Å². The Bertz CT molecular complexity index is 1460. The van der Waals surface area contributed by atoms with E-state index in [1.807, 2.05) is 6.92 Å². The average molecular weight is 574 g/mol. The maximum atomic E-state index is 12.8. The number of nitro benzene ring substituents is 1. The Morgan fingerprint density at radius 1 is 1.11 bits per heavy atom. The van der Waals surface area contributed by atoms with Gasteiger partial charge in [-0.05, 0) is 78.4 Å². The molecule has 1 saturated heterocycles. The molecule has 0 bridgehead atoms. The minimum absolute atomic E-state index is 0.0589. The predicted molar refractivity (Wildman–Crippen MR) is 146 cm³/mol. The van der Waals surface area contributed by atoms with Gasteiger partial charge in [-0.15, -0.1) is 0 Å². The number of nitrogens with zero attached hydrogens (tertiary/aromatic N) is 2. The van der Waals surface area contributed by atoms with Gasteiger partial charge in [0.15, 0.2) is 0 Å². The summed E-state index contributed by atoms with van der Waals surface area (Å²) in [5.41, 5.74) is 1.50. The van der Waals surface area contributed by atoms with Crippen LogP contribution in [0.1, 0.15) is 11.1 Å². The number of amides is 3. The summed E-state index contributed by atoms with van der Waals surface area (Å²) in [5, 5.41) is 14.7. The van der Waals surface area contributed by atoms with Gasteiger partial charge < -0.3 is 5.32 Å². The second-order valence-corrected chi connectivity index (χ2v) is 10.8. The summed E-state index contributed by atoms with van der Waals surface area (Å²) in [6.45, 7) is 1.34. The van der Waals surface area contributed by atoms with Gasteiger partial charge >= 0.3 is 0 Å². The summed E-state index contributed by atoms with van der Waals surface area (Å²) < 4.78 is 0. The third kappa shape index (κ3) is 6.53. The first-order chi connectivity index (χ1) is 17.6. The minimum Gasteiger partial charge on any atom is -0.324 e. The van der Waals surface area contributed by atoms with E-state index in [-0.39, 0.29) is 10.6 Å². The molecule has 0 aromatic heterocycles. The highest BCUT2D eigenvalue weighted by Gasteiger charge is 2.36. The first-order valence-corrected chi connectivity index (χ1v) is 13.0. The lowest BCUT2D eigenvalue weighted by molar-refractivity contribution is -0.387. The van der Waals surface area contributed by atoms with Gasteiger partial charge in [0.1, 0.15) is 6.54 Å². The van der Waals surface area contributed by atoms with Crippen LogP contribution in [0.4, 0.5) is 16.2 Å². The molecule has 0 aliphatic carbocycles. The molecular formula is C25H17Cl2N3O5S2. The number of aryl methyl sites for hydroxylation is 1. The molecule has 3 aromatic carbocycles. The molecule has 0 saturated carbocycles. The summed E-state index contributed by atoms with van der Waals surface area (Å²) >= 11 is 13.8. The number of imide groups is 1. The second-order valence-electron chi connectivity index (χ2n) is 7.82. The van der Waals surface area contributed by atoms with E-state index in [1.165, 1.54) is 23.9 Å². The number of thioether (sulfide) groups is 1. The summed E-state index contributed by atoms with van der Waals surface area (Å²) in [6.07, 6.45) is 1.40. The first kappa shape index (κ1) is 26.7. The van der Waals surface area contributed by atoms with Crippen molar-refractivity contribution in [3.63, 3.8) is 0 Å². The van der Waals surface area contributed by atoms with Crippen LogP contribution in [-0.4, -0.2) is 33.4 Å². The van der Waals surface area contributed by atoms with E-state index in [1.54, 1.807) is 54.6 Å². The highest BCUT2D eigenvalue weighted by molar-refractivity contribution is 8.18. The van der Waals surface area contributed by atoms with Crippen LogP contribution in [0.25, 0.3) is 6.08 Å². The van der Waals surface area contributed by atoms with Crippen LogP contribution < -0.4 is 5.32 Å². The molecule has 8 nitrogen and oxygen atoms in total. The van der Waals surface area contributed by atoms with Crippen LogP contribution in [-0.2, 0) is 9.59 Å². The van der Waals surface area contributed by atoms with Crippen molar-refractivity contribution >= 4 is 81.2 Å². The topological polar surface area (TPSA) is 110 Å². The molecule has 0 atom stereocenters. The number of hydrogen-bond acceptors (Lipinski definition) is 7. The largest absolute Gasteiger partial charge is 0.324 e. The van der Waals surface area contributed by atoms with Gasteiger partial charge in [0.2, 0.25) is 5.91 Å². The van der Waals surface area contributed by atoms with Gasteiger partial charge in [-0.25, -0.2) is 0 Å². The van der Waals surface area contributed by atoms with Crippen LogP contribution in [0.15, 0.2) is 75.4 Å². The summed E-state index contributed by atoms with van der Waals surface area (Å²) in [5.74, 6) is -1.22. The van der Waals surface area contributed by atoms with Gasteiger partial charge in [-0.2, -0.15) is 0 Å². The van der Waals surface area contributed by atoms with Gasteiger partial charge in [0, 0.05) is 26.7 Å². The summed E-state index contributed by atoms with van der Waals surface area (Å²) in [4.78, 5) is 50.9. The van der Waals surface area contributed by atoms with Gasteiger partial charge in [-0.1, -0.05) is 47.1 Å². The first-order valence-electron chi connectivity index (χ1n) is 10.6. The zero-order valence-corrected chi connectivity index (χ0v) is 22.2. The van der Waals surface area contributed by atoms with Crippen LogP contribution in [0.2, 0.25) is 10.0 Å². The number of nitro groups is 1. The fraction of sp³-hybridized carbons (Fsp3) is 0.0800. The molecule has 0 spiro atoms. The molecule has 1 N–H and O–H groups in total. The number of hydrogen-bond donors (Lipinski definition) is 1. The van der Waals surface area contributed by atoms with Crippen LogP contribution >= 0.6 is 46.7 Å². The van der Waals surface area contributed by atoms with E-state index in [0.29, 0.717) is 38.0 Å². The Morgan fingerprint density at radius 3 is 2.51 bits per heavy atom. The lowest BCUT2D eigenvalue weighted by Gasteiger charge is -2.13. The lowest BCUT2D eigenvalue weighted by Crippen LogP contribution is -2.36. The van der Waals surface area contributed by atoms with Crippen LogP contribution in [0.5, 0.6) is 0 Å². The Hall–Kier alpha value is -3.31. The van der Waals surface area contributed by atoms with E-state index in [9.17, 15) is 24.5 Å². The molecule has 188 valence electrons. The average Bonchev–Trinajstić information content (AvgIpc) is 3.10. The number of nitrogens with one attached hydrogen (secondary N) is 1. The van der Waals surface area contributed by atoms with Crippen molar-refractivity contribution in [2.24, 2.45) is 0 Å². The van der Waals surface area contributed by atoms with Crippen molar-refractivity contribution in [2.75, 3.05) is 11.9 Å². The summed E-state index contributed by atoms with van der Waals surface area (Å²) in [7, 11) is 0. The van der Waals surface area contributed by atoms with Crippen molar-refractivity contribution in [1.82, 2.24) is 4.90 Å². The fourth-order valence-corrected chi connectivity index (χ4v) is 5.33. The molecule has 1 aliphatic rings. The number of benzene rings is 3. The number of halogens is 2. The van der Waals surface area contributed by atoms with Gasteiger partial charge in [-0.3, -0.25) is 29.4 Å². The van der Waals surface area contributed by atoms with Crippen LogP contribution in [0.3, 0.4) is 0 Å². The van der Waals surface area contributed by atoms with Crippen molar-refractivity contribution in [2.45, 2.75) is 16.7 Å². The van der Waals surface area contributed by atoms with Crippen molar-refractivity contribution in [3.8, 4) is 0 Å². The van der Waals surface area contributed by atoms with E-state index in [4.69, 9.17) is 23.2 Å². The highest BCUT2D eigenvalue weighted by atomic mass is 35.5. The molecule has 3 amide bonds. The quantitative estimate of drug-likeness (QED) is 0.183. The normalized spacial score (nSPS) is 14.4. The standard InChI is InChI=1S/C25H17Cl2N3O5S2/c1-14-2-6-17(12-19(14)27)28-23(31)13-29-24(32)22(37-25(29)33)11-15-3-9-21(20(10-15)30(34)35)36-18-7-4-16(26)5-8-18/h2-12H,13H2,1H3,(H,28,31)/b22-11-. The third-order valence-electron chi connectivity index (χ3n) is 5.15. The maximum absolute atomic E-state index is 12.8. The predicted octanol–water partition coefficient (Wildman–Crippen LogP) is 7.04. The van der Waals surface area contributed by atoms with E-state index >= 15 is 0 Å². The van der Waals surface area contributed by atoms with Crippen molar-refractivity contribution < 1.29 is 19.3 Å². The Labute approximate surface area is 230 Å². The second kappa shape index (κ2) is 11.4. The van der Waals surface area contributed by atoms with Gasteiger partial charge in [0.05, 0.1) is 14.7 Å². The van der Waals surface area contributed by atoms with Gasteiger partial charge in [0.25, 0.3) is 16.8 Å². The molecule has 0 radical (unpaired) electrons. The van der Waals surface area contributed by atoms with E-state index in [2.05, 4.69) is 5.32 Å². The zero-order valence-electron chi connectivity index (χ0n) is 19.1. The molecule has 12 heteroatoms. The molecule has 4 rings (SSSR count). The van der Waals surface area contributed by atoms with E-state index < -0.39 is 28.5 Å². The number of carbonyl (C=O) groups is 3. The molecular weight excluding hydrogens is 557 g/mol. The molecule has 1 aliphatic heterocycles. The molecule has 37 heavy (non-hydrogen) atoms. The number of carbonyl (C=O) groups excluding carboxylic acids is 3. The minimum atomic E-state index is -0.658. The smallest absolute Gasteiger partial charge is 0.294 e. The SMILES string of the molecule is Cc1ccc(NC(=O)CN2C(=O)S/C(=C\c3ccc(Sc4ccc(Cl)cc4)c([N+](=O)[O-])c3)C2=O)cc1Cl. The number of anilines is 1. The monoisotopic (exact) mass is 573 g/mol. The molecule has 3 aromatic rings. The molecule has 1 heterocycles. The zero-order chi connectivity index (χ0) is 26.7. The van der Waals surface area contributed by atoms with E-state index in [0.717, 1.165) is 15.4 Å². The third-order valence-corrected chi connectivity index (χ3v) is 7.79. The molecule has 1 fully saturated rings. The fourth-order valence-electron chi connectivity index (χ4n) is 3.29. The number of rotatable bonds is 7. The maximum Gasteiger partial charge on any atom is 0.294 e. The van der Waals surface area contributed by atoms with Crippen LogP contribution in [0, 0.1) is 17.0 Å². The molecule has 0 unspecified atom stereocenters. The Balaban J connectivity index is 1.49. The van der Waals surface area contributed by atoms with Crippen molar-refractivity contribution in [3.05, 3.63) is 96.9 Å². The Morgan fingerprint density at radius 2 is 1.84 bits per heavy atom. The summed E-state index contributed by atoms with van der Waals surface area (Å²) in [6, 6.07) is 16.4. The lowest BCUT2D eigenvalue weighted by atomic mass is 10.2.